The molecule has 0 atom stereocenters. The van der Waals surface area contributed by atoms with Crippen LogP contribution in [0.2, 0.25) is 0 Å². The maximum atomic E-state index is 12.6. The van der Waals surface area contributed by atoms with Crippen LogP contribution in [0.3, 0.4) is 0 Å². The first-order valence-electron chi connectivity index (χ1n) is 9.28. The van der Waals surface area contributed by atoms with Crippen molar-refractivity contribution in [3.63, 3.8) is 0 Å². The Bertz CT molecular complexity index is 821. The first-order chi connectivity index (χ1) is 12.6. The van der Waals surface area contributed by atoms with Gasteiger partial charge in [0.2, 0.25) is 5.91 Å². The predicted octanol–water partition coefficient (Wildman–Crippen LogP) is 2.72. The zero-order chi connectivity index (χ0) is 18.1. The van der Waals surface area contributed by atoms with Crippen molar-refractivity contribution >= 4 is 23.2 Å². The van der Waals surface area contributed by atoms with Crippen molar-refractivity contribution in [1.29, 1.82) is 0 Å². The molecule has 26 heavy (non-hydrogen) atoms. The Morgan fingerprint density at radius 3 is 2.81 bits per heavy atom. The standard InChI is InChI=1S/C19H24N4O2S/c1-13-8-15(12-26-13)18(24)20-10-16-9-17-11-22(6-3-7-23(17)21-16)19(25)14-4-2-5-14/h8-9,12,14H,2-7,10-11H2,1H3,(H,20,24). The second-order valence-corrected chi connectivity index (χ2v) is 8.34. The number of aryl methyl sites for hydroxylation is 2. The number of hydrogen-bond acceptors (Lipinski definition) is 4. The van der Waals surface area contributed by atoms with Crippen molar-refractivity contribution in [2.45, 2.75) is 52.2 Å². The molecule has 0 aromatic carbocycles. The van der Waals surface area contributed by atoms with E-state index in [2.05, 4.69) is 10.4 Å². The number of hydrogen-bond donors (Lipinski definition) is 1. The van der Waals surface area contributed by atoms with Crippen molar-refractivity contribution in [2.24, 2.45) is 5.92 Å². The van der Waals surface area contributed by atoms with Gasteiger partial charge >= 0.3 is 0 Å². The smallest absolute Gasteiger partial charge is 0.252 e. The van der Waals surface area contributed by atoms with Crippen molar-refractivity contribution < 1.29 is 9.59 Å². The third kappa shape index (κ3) is 3.53. The SMILES string of the molecule is Cc1cc(C(=O)NCc2cc3n(n2)CCCN(C(=O)C2CCC2)C3)cs1. The van der Waals surface area contributed by atoms with Crippen LogP contribution in [0.1, 0.15) is 52.3 Å². The van der Waals surface area contributed by atoms with Crippen LogP contribution in [-0.4, -0.2) is 33.0 Å². The van der Waals surface area contributed by atoms with E-state index in [9.17, 15) is 9.59 Å². The van der Waals surface area contributed by atoms with Gasteiger partial charge in [-0.1, -0.05) is 6.42 Å². The summed E-state index contributed by atoms with van der Waals surface area (Å²) in [6, 6.07) is 3.91. The lowest BCUT2D eigenvalue weighted by Crippen LogP contribution is -2.38. The molecule has 0 saturated heterocycles. The molecule has 7 heteroatoms. The van der Waals surface area contributed by atoms with Gasteiger partial charge in [0.1, 0.15) is 0 Å². The zero-order valence-electron chi connectivity index (χ0n) is 15.0. The molecular formula is C19H24N4O2S. The fourth-order valence-corrected chi connectivity index (χ4v) is 4.23. The lowest BCUT2D eigenvalue weighted by molar-refractivity contribution is -0.138. The van der Waals surface area contributed by atoms with E-state index < -0.39 is 0 Å². The summed E-state index contributed by atoms with van der Waals surface area (Å²) in [6.45, 7) is 4.65. The first kappa shape index (κ1) is 17.3. The van der Waals surface area contributed by atoms with Gasteiger partial charge in [-0.3, -0.25) is 14.3 Å². The van der Waals surface area contributed by atoms with Gasteiger partial charge in [0, 0.05) is 29.3 Å². The van der Waals surface area contributed by atoms with Gasteiger partial charge in [-0.25, -0.2) is 0 Å². The van der Waals surface area contributed by atoms with E-state index in [4.69, 9.17) is 0 Å². The Balaban J connectivity index is 1.39. The number of nitrogens with one attached hydrogen (secondary N) is 1. The van der Waals surface area contributed by atoms with Gasteiger partial charge in [0.15, 0.2) is 0 Å². The lowest BCUT2D eigenvalue weighted by Gasteiger charge is -2.30. The van der Waals surface area contributed by atoms with Crippen molar-refractivity contribution in [1.82, 2.24) is 20.0 Å². The van der Waals surface area contributed by atoms with Gasteiger partial charge in [-0.15, -0.1) is 11.3 Å². The normalized spacial score (nSPS) is 17.3. The molecule has 1 saturated carbocycles. The molecule has 0 spiro atoms. The number of carbonyl (C=O) groups is 2. The number of amides is 2. The van der Waals surface area contributed by atoms with Gasteiger partial charge in [-0.05, 0) is 38.3 Å². The molecule has 4 rings (SSSR count). The molecule has 0 radical (unpaired) electrons. The molecule has 3 heterocycles. The van der Waals surface area contributed by atoms with Gasteiger partial charge < -0.3 is 10.2 Å². The summed E-state index contributed by atoms with van der Waals surface area (Å²) in [5.74, 6) is 0.463. The molecule has 2 aliphatic rings. The van der Waals surface area contributed by atoms with E-state index in [1.807, 2.05) is 34.0 Å². The minimum atomic E-state index is -0.0701. The van der Waals surface area contributed by atoms with Crippen LogP contribution in [0.15, 0.2) is 17.5 Å². The highest BCUT2D eigenvalue weighted by Gasteiger charge is 2.30. The average Bonchev–Trinajstić information content (AvgIpc) is 3.11. The minimum absolute atomic E-state index is 0.0701. The largest absolute Gasteiger partial charge is 0.346 e. The molecule has 2 amide bonds. The van der Waals surface area contributed by atoms with Gasteiger partial charge in [0.25, 0.3) is 5.91 Å². The van der Waals surface area contributed by atoms with Gasteiger partial charge in [-0.2, -0.15) is 5.10 Å². The summed E-state index contributed by atoms with van der Waals surface area (Å²) < 4.78 is 1.99. The van der Waals surface area contributed by atoms with Crippen LogP contribution in [0.5, 0.6) is 0 Å². The number of fused-ring (bicyclic) bond motifs is 1. The highest BCUT2D eigenvalue weighted by molar-refractivity contribution is 7.10. The molecule has 0 unspecified atom stereocenters. The summed E-state index contributed by atoms with van der Waals surface area (Å²) in [4.78, 5) is 27.9. The summed E-state index contributed by atoms with van der Waals surface area (Å²) in [5.41, 5.74) is 2.61. The highest BCUT2D eigenvalue weighted by Crippen LogP contribution is 2.29. The monoisotopic (exact) mass is 372 g/mol. The van der Waals surface area contributed by atoms with Crippen LogP contribution in [0, 0.1) is 12.8 Å². The zero-order valence-corrected chi connectivity index (χ0v) is 15.8. The first-order valence-corrected chi connectivity index (χ1v) is 10.2. The van der Waals surface area contributed by atoms with E-state index >= 15 is 0 Å². The minimum Gasteiger partial charge on any atom is -0.346 e. The Kier molecular flexibility index (Phi) is 4.80. The number of aromatic nitrogens is 2. The maximum absolute atomic E-state index is 12.6. The topological polar surface area (TPSA) is 67.2 Å². The molecule has 1 fully saturated rings. The second-order valence-electron chi connectivity index (χ2n) is 7.22. The fourth-order valence-electron chi connectivity index (χ4n) is 3.55. The third-order valence-electron chi connectivity index (χ3n) is 5.25. The Morgan fingerprint density at radius 1 is 1.27 bits per heavy atom. The highest BCUT2D eigenvalue weighted by atomic mass is 32.1. The molecule has 1 N–H and O–H groups in total. The van der Waals surface area contributed by atoms with Gasteiger partial charge in [0.05, 0.1) is 30.0 Å². The van der Waals surface area contributed by atoms with Crippen LogP contribution < -0.4 is 5.32 Å². The molecule has 1 aliphatic carbocycles. The van der Waals surface area contributed by atoms with E-state index in [0.717, 1.165) is 48.6 Å². The number of nitrogens with zero attached hydrogens (tertiary/aromatic N) is 3. The quantitative estimate of drug-likeness (QED) is 0.897. The van der Waals surface area contributed by atoms with Crippen LogP contribution >= 0.6 is 11.3 Å². The van der Waals surface area contributed by atoms with Crippen LogP contribution in [-0.2, 0) is 24.4 Å². The van der Waals surface area contributed by atoms with E-state index in [1.165, 1.54) is 6.42 Å². The average molecular weight is 372 g/mol. The van der Waals surface area contributed by atoms with Crippen molar-refractivity contribution in [2.75, 3.05) is 6.54 Å². The number of rotatable bonds is 4. The number of thiophene rings is 1. The second kappa shape index (κ2) is 7.23. The summed E-state index contributed by atoms with van der Waals surface area (Å²) >= 11 is 1.57. The summed E-state index contributed by atoms with van der Waals surface area (Å²) in [6.07, 6.45) is 4.17. The molecule has 6 nitrogen and oxygen atoms in total. The molecule has 2 aromatic rings. The van der Waals surface area contributed by atoms with E-state index in [-0.39, 0.29) is 11.8 Å². The predicted molar refractivity (Wildman–Crippen MR) is 99.8 cm³/mol. The summed E-state index contributed by atoms with van der Waals surface area (Å²) in [5, 5.41) is 9.43. The maximum Gasteiger partial charge on any atom is 0.252 e. The van der Waals surface area contributed by atoms with Crippen molar-refractivity contribution in [3.05, 3.63) is 39.3 Å². The Morgan fingerprint density at radius 2 is 2.12 bits per heavy atom. The number of carbonyl (C=O) groups excluding carboxylic acids is 2. The molecule has 138 valence electrons. The van der Waals surface area contributed by atoms with Crippen LogP contribution in [0.4, 0.5) is 0 Å². The van der Waals surface area contributed by atoms with E-state index in [1.54, 1.807) is 11.3 Å². The molecular weight excluding hydrogens is 348 g/mol. The van der Waals surface area contributed by atoms with E-state index in [0.29, 0.717) is 24.6 Å². The molecule has 2 aromatic heterocycles. The molecule has 0 bridgehead atoms. The fraction of sp³-hybridized carbons (Fsp3) is 0.526. The van der Waals surface area contributed by atoms with Crippen LogP contribution in [0.25, 0.3) is 0 Å². The Hall–Kier alpha value is -2.15. The molecule has 1 aliphatic heterocycles. The Labute approximate surface area is 157 Å². The summed E-state index contributed by atoms with van der Waals surface area (Å²) in [7, 11) is 0. The lowest BCUT2D eigenvalue weighted by atomic mass is 9.84. The third-order valence-corrected chi connectivity index (χ3v) is 6.12. The van der Waals surface area contributed by atoms with Crippen molar-refractivity contribution in [3.8, 4) is 0 Å².